The Hall–Kier alpha value is -0.830. The average Bonchev–Trinajstić information content (AvgIpc) is 2.33. The lowest BCUT2D eigenvalue weighted by Crippen LogP contribution is -2.27. The molecule has 0 aliphatic rings. The minimum absolute atomic E-state index is 0.00793. The van der Waals surface area contributed by atoms with Crippen LogP contribution in [0.4, 0.5) is 0 Å². The van der Waals surface area contributed by atoms with Crippen molar-refractivity contribution in [3.8, 4) is 0 Å². The van der Waals surface area contributed by atoms with Gasteiger partial charge in [0.15, 0.2) is 9.84 Å². The summed E-state index contributed by atoms with van der Waals surface area (Å²) in [4.78, 5) is 0.452. The smallest absolute Gasteiger partial charge is 0.178 e. The molecule has 2 nitrogen and oxygen atoms in total. The van der Waals surface area contributed by atoms with Crippen LogP contribution in [0.3, 0.4) is 0 Å². The quantitative estimate of drug-likeness (QED) is 0.753. The van der Waals surface area contributed by atoms with Crippen molar-refractivity contribution in [1.82, 2.24) is 0 Å². The predicted molar refractivity (Wildman–Crippen MR) is 94.9 cm³/mol. The van der Waals surface area contributed by atoms with E-state index in [0.29, 0.717) is 4.90 Å². The molecule has 0 heterocycles. The molecule has 0 aromatic heterocycles. The van der Waals surface area contributed by atoms with E-state index >= 15 is 0 Å². The van der Waals surface area contributed by atoms with E-state index in [4.69, 9.17) is 0 Å². The molecule has 0 unspecified atom stereocenters. The molecular formula is C19H32O2S. The van der Waals surface area contributed by atoms with Gasteiger partial charge in [0.05, 0.1) is 10.6 Å². The zero-order chi connectivity index (χ0) is 17.2. The number of hydrogen-bond donors (Lipinski definition) is 0. The van der Waals surface area contributed by atoms with Gasteiger partial charge in [0, 0.05) is 0 Å². The predicted octanol–water partition coefficient (Wildman–Crippen LogP) is 5.12. The van der Waals surface area contributed by atoms with Crippen molar-refractivity contribution in [3.63, 3.8) is 0 Å². The van der Waals surface area contributed by atoms with Crippen LogP contribution in [-0.2, 0) is 16.3 Å². The molecule has 0 fully saturated rings. The zero-order valence-electron chi connectivity index (χ0n) is 15.2. The first kappa shape index (κ1) is 19.2. The maximum atomic E-state index is 12.6. The standard InChI is InChI=1S/C19H32O2S/c1-8-16(19(5,6)7)14-22(20,21)17-11-9-15(10-12-17)13-18(2,3)4/h9-12,16H,8,13-14H2,1-7H3/t16-/m0/s1. The average molecular weight is 325 g/mol. The van der Waals surface area contributed by atoms with E-state index in [9.17, 15) is 8.42 Å². The summed E-state index contributed by atoms with van der Waals surface area (Å²) in [5.41, 5.74) is 1.41. The molecule has 22 heavy (non-hydrogen) atoms. The molecule has 126 valence electrons. The van der Waals surface area contributed by atoms with Gasteiger partial charge in [0.25, 0.3) is 0 Å². The molecule has 0 amide bonds. The third kappa shape index (κ3) is 5.75. The molecule has 0 bridgehead atoms. The van der Waals surface area contributed by atoms with E-state index < -0.39 is 9.84 Å². The fourth-order valence-electron chi connectivity index (χ4n) is 2.77. The van der Waals surface area contributed by atoms with E-state index in [0.717, 1.165) is 12.8 Å². The van der Waals surface area contributed by atoms with Crippen molar-refractivity contribution >= 4 is 9.84 Å². The van der Waals surface area contributed by atoms with Gasteiger partial charge in [-0.2, -0.15) is 0 Å². The van der Waals surface area contributed by atoms with E-state index in [1.54, 1.807) is 12.1 Å². The molecule has 0 radical (unpaired) electrons. The van der Waals surface area contributed by atoms with Gasteiger partial charge in [-0.3, -0.25) is 0 Å². The Morgan fingerprint density at radius 1 is 0.955 bits per heavy atom. The molecule has 0 spiro atoms. The summed E-state index contributed by atoms with van der Waals surface area (Å²) in [6.07, 6.45) is 1.83. The van der Waals surface area contributed by atoms with Gasteiger partial charge in [-0.25, -0.2) is 8.42 Å². The first-order valence-electron chi connectivity index (χ1n) is 8.17. The Morgan fingerprint density at radius 3 is 1.82 bits per heavy atom. The first-order valence-corrected chi connectivity index (χ1v) is 9.82. The van der Waals surface area contributed by atoms with Crippen LogP contribution in [0.25, 0.3) is 0 Å². The first-order chi connectivity index (χ1) is 9.85. The lowest BCUT2D eigenvalue weighted by atomic mass is 9.80. The SMILES string of the molecule is CC[C@@H](CS(=O)(=O)c1ccc(CC(C)(C)C)cc1)C(C)(C)C. The van der Waals surface area contributed by atoms with E-state index in [-0.39, 0.29) is 22.5 Å². The second-order valence-electron chi connectivity index (χ2n) is 8.63. The van der Waals surface area contributed by atoms with Gasteiger partial charge >= 0.3 is 0 Å². The lowest BCUT2D eigenvalue weighted by molar-refractivity contribution is 0.256. The Morgan fingerprint density at radius 2 is 1.45 bits per heavy atom. The summed E-state index contributed by atoms with van der Waals surface area (Å²) in [5.74, 6) is 0.401. The molecule has 1 aromatic rings. The van der Waals surface area contributed by atoms with Crippen LogP contribution < -0.4 is 0 Å². The van der Waals surface area contributed by atoms with Crippen molar-refractivity contribution in [2.45, 2.75) is 66.2 Å². The van der Waals surface area contributed by atoms with Crippen molar-refractivity contribution in [3.05, 3.63) is 29.8 Å². The van der Waals surface area contributed by atoms with Gasteiger partial charge in [-0.05, 0) is 40.9 Å². The summed E-state index contributed by atoms with van der Waals surface area (Å²) in [6, 6.07) is 7.45. The normalized spacial score (nSPS) is 14.9. The number of sulfone groups is 1. The van der Waals surface area contributed by atoms with Gasteiger partial charge in [-0.1, -0.05) is 67.0 Å². The van der Waals surface area contributed by atoms with Crippen molar-refractivity contribution in [1.29, 1.82) is 0 Å². The molecule has 1 atom stereocenters. The van der Waals surface area contributed by atoms with E-state index in [1.165, 1.54) is 5.56 Å². The second-order valence-corrected chi connectivity index (χ2v) is 10.7. The minimum atomic E-state index is -3.22. The van der Waals surface area contributed by atoms with E-state index in [2.05, 4.69) is 48.5 Å². The molecule has 0 aliphatic carbocycles. The molecule has 0 aliphatic heterocycles. The molecule has 3 heteroatoms. The lowest BCUT2D eigenvalue weighted by Gasteiger charge is -2.29. The summed E-state index contributed by atoms with van der Waals surface area (Å²) in [5, 5.41) is 0. The van der Waals surface area contributed by atoms with E-state index in [1.807, 2.05) is 12.1 Å². The highest BCUT2D eigenvalue weighted by atomic mass is 32.2. The van der Waals surface area contributed by atoms with Crippen LogP contribution in [-0.4, -0.2) is 14.2 Å². The second kappa shape index (κ2) is 6.74. The maximum Gasteiger partial charge on any atom is 0.178 e. The zero-order valence-corrected chi connectivity index (χ0v) is 16.0. The van der Waals surface area contributed by atoms with Crippen LogP contribution in [0.15, 0.2) is 29.2 Å². The molecule has 0 saturated carbocycles. The summed E-state index contributed by atoms with van der Waals surface area (Å²) >= 11 is 0. The molecule has 0 N–H and O–H groups in total. The Balaban J connectivity index is 2.95. The molecule has 1 aromatic carbocycles. The fraction of sp³-hybridized carbons (Fsp3) is 0.684. The molecular weight excluding hydrogens is 292 g/mol. The van der Waals surface area contributed by atoms with Crippen LogP contribution in [0.1, 0.15) is 60.5 Å². The minimum Gasteiger partial charge on any atom is -0.224 e. The monoisotopic (exact) mass is 324 g/mol. The summed E-state index contributed by atoms with van der Waals surface area (Å²) < 4.78 is 25.3. The third-order valence-corrected chi connectivity index (χ3v) is 5.99. The third-order valence-electron chi connectivity index (χ3n) is 4.16. The number of benzene rings is 1. The van der Waals surface area contributed by atoms with Crippen LogP contribution in [0.2, 0.25) is 0 Å². The summed E-state index contributed by atoms with van der Waals surface area (Å²) in [6.45, 7) is 15.0. The van der Waals surface area contributed by atoms with Crippen molar-refractivity contribution in [2.24, 2.45) is 16.7 Å². The fourth-order valence-corrected chi connectivity index (χ4v) is 4.78. The van der Waals surface area contributed by atoms with Gasteiger partial charge in [0.2, 0.25) is 0 Å². The number of rotatable bonds is 5. The Labute approximate surface area is 137 Å². The molecule has 0 saturated heterocycles. The topological polar surface area (TPSA) is 34.1 Å². The Bertz CT molecular complexity index is 569. The van der Waals surface area contributed by atoms with Crippen LogP contribution in [0.5, 0.6) is 0 Å². The van der Waals surface area contributed by atoms with Crippen LogP contribution >= 0.6 is 0 Å². The molecule has 1 rings (SSSR count). The van der Waals surface area contributed by atoms with Gasteiger partial charge < -0.3 is 0 Å². The highest BCUT2D eigenvalue weighted by molar-refractivity contribution is 7.91. The highest BCUT2D eigenvalue weighted by Crippen LogP contribution is 2.31. The number of hydrogen-bond acceptors (Lipinski definition) is 2. The maximum absolute atomic E-state index is 12.6. The van der Waals surface area contributed by atoms with Crippen LogP contribution in [0, 0.1) is 16.7 Å². The van der Waals surface area contributed by atoms with Crippen molar-refractivity contribution < 1.29 is 8.42 Å². The Kier molecular flexibility index (Phi) is 5.88. The largest absolute Gasteiger partial charge is 0.224 e. The van der Waals surface area contributed by atoms with Crippen molar-refractivity contribution in [2.75, 3.05) is 5.75 Å². The summed E-state index contributed by atoms with van der Waals surface area (Å²) in [7, 11) is -3.22. The highest BCUT2D eigenvalue weighted by Gasteiger charge is 2.29. The van der Waals surface area contributed by atoms with Gasteiger partial charge in [0.1, 0.15) is 0 Å². The van der Waals surface area contributed by atoms with Gasteiger partial charge in [-0.15, -0.1) is 0 Å².